The molecule has 0 aliphatic heterocycles. The maximum atomic E-state index is 12.2. The molecule has 0 saturated heterocycles. The van der Waals surface area contributed by atoms with Crippen LogP contribution in [0.2, 0.25) is 0 Å². The molecule has 158 valence electrons. The summed E-state index contributed by atoms with van der Waals surface area (Å²) in [6.45, 7) is 2.26. The van der Waals surface area contributed by atoms with Gasteiger partial charge in [0.2, 0.25) is 0 Å². The van der Waals surface area contributed by atoms with Crippen LogP contribution in [-0.2, 0) is 0 Å². The highest BCUT2D eigenvalue weighted by atomic mass is 16.4. The highest BCUT2D eigenvalue weighted by Gasteiger charge is 2.14. The molecule has 1 aromatic rings. The van der Waals surface area contributed by atoms with E-state index in [1.54, 1.807) is 18.2 Å². The SMILES string of the molecule is CCCCCCCCCCCCCCCCCC(=O)c1ccccc1C(=O)O. The van der Waals surface area contributed by atoms with Crippen molar-refractivity contribution in [2.24, 2.45) is 0 Å². The van der Waals surface area contributed by atoms with E-state index in [0.717, 1.165) is 12.8 Å². The van der Waals surface area contributed by atoms with Gasteiger partial charge in [-0.3, -0.25) is 4.79 Å². The van der Waals surface area contributed by atoms with Gasteiger partial charge in [0.05, 0.1) is 5.56 Å². The van der Waals surface area contributed by atoms with E-state index in [1.165, 1.54) is 89.5 Å². The maximum absolute atomic E-state index is 12.2. The van der Waals surface area contributed by atoms with Crippen LogP contribution in [-0.4, -0.2) is 16.9 Å². The Morgan fingerprint density at radius 1 is 0.643 bits per heavy atom. The van der Waals surface area contributed by atoms with Crippen molar-refractivity contribution in [3.63, 3.8) is 0 Å². The van der Waals surface area contributed by atoms with Gasteiger partial charge >= 0.3 is 5.97 Å². The zero-order valence-corrected chi connectivity index (χ0v) is 17.9. The zero-order chi connectivity index (χ0) is 20.5. The van der Waals surface area contributed by atoms with Crippen LogP contribution >= 0.6 is 0 Å². The lowest BCUT2D eigenvalue weighted by molar-refractivity contribution is 0.0691. The average molecular weight is 389 g/mol. The predicted molar refractivity (Wildman–Crippen MR) is 117 cm³/mol. The summed E-state index contributed by atoms with van der Waals surface area (Å²) < 4.78 is 0. The first-order valence-corrected chi connectivity index (χ1v) is 11.5. The third kappa shape index (κ3) is 11.3. The minimum absolute atomic E-state index is 0.0484. The summed E-state index contributed by atoms with van der Waals surface area (Å²) >= 11 is 0. The van der Waals surface area contributed by atoms with Crippen molar-refractivity contribution in [1.29, 1.82) is 0 Å². The van der Waals surface area contributed by atoms with Gasteiger partial charge in [-0.1, -0.05) is 115 Å². The molecule has 0 fully saturated rings. The summed E-state index contributed by atoms with van der Waals surface area (Å²) in [5.74, 6) is -1.08. The van der Waals surface area contributed by atoms with E-state index in [1.807, 2.05) is 0 Å². The van der Waals surface area contributed by atoms with Crippen LogP contribution in [0, 0.1) is 0 Å². The van der Waals surface area contributed by atoms with Crippen molar-refractivity contribution >= 4 is 11.8 Å². The Kier molecular flexibility index (Phi) is 14.2. The van der Waals surface area contributed by atoms with Crippen molar-refractivity contribution in [3.8, 4) is 0 Å². The number of rotatable bonds is 18. The predicted octanol–water partition coefficient (Wildman–Crippen LogP) is 7.83. The molecule has 1 N–H and O–H groups in total. The van der Waals surface area contributed by atoms with Gasteiger partial charge in [-0.05, 0) is 12.5 Å². The van der Waals surface area contributed by atoms with Crippen LogP contribution in [0.25, 0.3) is 0 Å². The molecule has 0 radical (unpaired) electrons. The first-order valence-electron chi connectivity index (χ1n) is 11.5. The van der Waals surface area contributed by atoms with Gasteiger partial charge in [-0.2, -0.15) is 0 Å². The van der Waals surface area contributed by atoms with E-state index < -0.39 is 5.97 Å². The quantitative estimate of drug-likeness (QED) is 0.206. The molecule has 28 heavy (non-hydrogen) atoms. The average Bonchev–Trinajstić information content (AvgIpc) is 2.70. The Hall–Kier alpha value is -1.64. The summed E-state index contributed by atoms with van der Waals surface area (Å²) in [6, 6.07) is 6.51. The fourth-order valence-corrected chi connectivity index (χ4v) is 3.70. The normalized spacial score (nSPS) is 10.9. The molecule has 0 saturated carbocycles. The standard InChI is InChI=1S/C25H40O3/c1-2-3-4-5-6-7-8-9-10-11-12-13-14-15-16-21-24(26)22-19-17-18-20-23(22)25(27)28/h17-20H,2-16,21H2,1H3,(H,27,28). The smallest absolute Gasteiger partial charge is 0.336 e. The molecule has 0 aliphatic rings. The van der Waals surface area contributed by atoms with Crippen molar-refractivity contribution in [2.75, 3.05) is 0 Å². The fourth-order valence-electron chi connectivity index (χ4n) is 3.70. The molecule has 0 unspecified atom stereocenters. The summed E-state index contributed by atoms with van der Waals surface area (Å²) in [5.41, 5.74) is 0.467. The van der Waals surface area contributed by atoms with Crippen molar-refractivity contribution in [3.05, 3.63) is 35.4 Å². The Bertz CT molecular complexity index is 550. The number of benzene rings is 1. The van der Waals surface area contributed by atoms with Crippen molar-refractivity contribution in [2.45, 2.75) is 110 Å². The molecule has 0 spiro atoms. The topological polar surface area (TPSA) is 54.4 Å². The molecule has 0 heterocycles. The summed E-state index contributed by atoms with van der Waals surface area (Å²) in [6.07, 6.45) is 19.9. The Labute approximate surface area is 171 Å². The number of carbonyl (C=O) groups excluding carboxylic acids is 1. The molecule has 1 aromatic carbocycles. The van der Waals surface area contributed by atoms with Gasteiger partial charge in [0.25, 0.3) is 0 Å². The van der Waals surface area contributed by atoms with Crippen molar-refractivity contribution < 1.29 is 14.7 Å². The minimum atomic E-state index is -1.03. The number of carbonyl (C=O) groups is 2. The van der Waals surface area contributed by atoms with Crippen LogP contribution in [0.15, 0.2) is 24.3 Å². The first kappa shape index (κ1) is 24.4. The van der Waals surface area contributed by atoms with Gasteiger partial charge in [-0.25, -0.2) is 4.79 Å². The molecule has 0 atom stereocenters. The van der Waals surface area contributed by atoms with Gasteiger partial charge in [-0.15, -0.1) is 0 Å². The van der Waals surface area contributed by atoms with E-state index in [0.29, 0.717) is 12.0 Å². The molecule has 3 nitrogen and oxygen atoms in total. The van der Waals surface area contributed by atoms with Crippen LogP contribution in [0.5, 0.6) is 0 Å². The van der Waals surface area contributed by atoms with Crippen LogP contribution < -0.4 is 0 Å². The molecular weight excluding hydrogens is 348 g/mol. The second-order valence-electron chi connectivity index (χ2n) is 7.97. The first-order chi connectivity index (χ1) is 13.7. The third-order valence-corrected chi connectivity index (χ3v) is 5.47. The number of hydrogen-bond acceptors (Lipinski definition) is 2. The number of ketones is 1. The number of unbranched alkanes of at least 4 members (excludes halogenated alkanes) is 14. The molecule has 1 rings (SSSR count). The van der Waals surface area contributed by atoms with Gasteiger partial charge < -0.3 is 5.11 Å². The lowest BCUT2D eigenvalue weighted by atomic mass is 9.99. The van der Waals surface area contributed by atoms with Crippen LogP contribution in [0.1, 0.15) is 130 Å². The fraction of sp³-hybridized carbons (Fsp3) is 0.680. The summed E-state index contributed by atoms with van der Waals surface area (Å²) in [5, 5.41) is 9.17. The molecule has 0 aliphatic carbocycles. The highest BCUT2D eigenvalue weighted by Crippen LogP contribution is 2.16. The third-order valence-electron chi connectivity index (χ3n) is 5.47. The summed E-state index contributed by atoms with van der Waals surface area (Å²) in [7, 11) is 0. The Morgan fingerprint density at radius 2 is 1.04 bits per heavy atom. The van der Waals surface area contributed by atoms with Crippen LogP contribution in [0.3, 0.4) is 0 Å². The van der Waals surface area contributed by atoms with E-state index in [9.17, 15) is 9.59 Å². The summed E-state index contributed by atoms with van der Waals surface area (Å²) in [4.78, 5) is 23.4. The van der Waals surface area contributed by atoms with Crippen molar-refractivity contribution in [1.82, 2.24) is 0 Å². The van der Waals surface area contributed by atoms with Gasteiger partial charge in [0.15, 0.2) is 5.78 Å². The number of aromatic carboxylic acids is 1. The highest BCUT2D eigenvalue weighted by molar-refractivity contribution is 6.05. The van der Waals surface area contributed by atoms with E-state index in [-0.39, 0.29) is 11.3 Å². The largest absolute Gasteiger partial charge is 0.478 e. The Morgan fingerprint density at radius 3 is 1.46 bits per heavy atom. The molecule has 3 heteroatoms. The molecular formula is C25H40O3. The second kappa shape index (κ2) is 16.3. The van der Waals surface area contributed by atoms with E-state index >= 15 is 0 Å². The number of hydrogen-bond donors (Lipinski definition) is 1. The van der Waals surface area contributed by atoms with Crippen LogP contribution in [0.4, 0.5) is 0 Å². The monoisotopic (exact) mass is 388 g/mol. The van der Waals surface area contributed by atoms with Gasteiger partial charge in [0.1, 0.15) is 0 Å². The second-order valence-corrected chi connectivity index (χ2v) is 7.97. The molecule has 0 amide bonds. The number of Topliss-reactive ketones (excluding diaryl/α,β-unsaturated/α-hetero) is 1. The molecule has 0 aromatic heterocycles. The van der Waals surface area contributed by atoms with E-state index in [2.05, 4.69) is 6.92 Å². The lowest BCUT2D eigenvalue weighted by Crippen LogP contribution is -2.08. The lowest BCUT2D eigenvalue weighted by Gasteiger charge is -2.05. The Balaban J connectivity index is 1.94. The zero-order valence-electron chi connectivity index (χ0n) is 17.9. The molecule has 0 bridgehead atoms. The maximum Gasteiger partial charge on any atom is 0.336 e. The van der Waals surface area contributed by atoms with Gasteiger partial charge in [0, 0.05) is 12.0 Å². The minimum Gasteiger partial charge on any atom is -0.478 e. The number of carboxylic acids is 1. The van der Waals surface area contributed by atoms with E-state index in [4.69, 9.17) is 5.11 Å². The number of carboxylic acid groups (broad SMARTS) is 1.